The molecule has 0 spiro atoms. The van der Waals surface area contributed by atoms with E-state index in [4.69, 9.17) is 23.2 Å². The molecule has 1 saturated heterocycles. The molecular formula is C26H18BrCl2N3O2S. The third-order valence-corrected chi connectivity index (χ3v) is 7.84. The second kappa shape index (κ2) is 10.9. The minimum atomic E-state index is -0.586. The molecule has 0 bridgehead atoms. The van der Waals surface area contributed by atoms with E-state index >= 15 is 0 Å². The zero-order valence-electron chi connectivity index (χ0n) is 18.4. The molecule has 1 aliphatic rings. The normalized spacial score (nSPS) is 16.7. The first-order valence-corrected chi connectivity index (χ1v) is 12.9. The summed E-state index contributed by atoms with van der Waals surface area (Å²) in [6, 6.07) is 21.6. The molecule has 1 heterocycles. The topological polar surface area (TPSA) is 73.2 Å². The zero-order chi connectivity index (χ0) is 25.1. The summed E-state index contributed by atoms with van der Waals surface area (Å²) in [6.07, 6.45) is 0.360. The number of anilines is 2. The van der Waals surface area contributed by atoms with Gasteiger partial charge in [-0.25, -0.2) is 0 Å². The van der Waals surface area contributed by atoms with Gasteiger partial charge in [0, 0.05) is 15.8 Å². The molecule has 5 nitrogen and oxygen atoms in total. The van der Waals surface area contributed by atoms with E-state index in [-0.39, 0.29) is 11.5 Å². The second-order valence-corrected chi connectivity index (χ2v) is 10.7. The van der Waals surface area contributed by atoms with Crippen LogP contribution >= 0.6 is 50.9 Å². The summed E-state index contributed by atoms with van der Waals surface area (Å²) in [4.78, 5) is 28.1. The number of nitrogens with one attached hydrogen (secondary N) is 1. The van der Waals surface area contributed by atoms with Crippen LogP contribution in [0, 0.1) is 18.3 Å². The molecule has 1 N–H and O–H groups in total. The Morgan fingerprint density at radius 3 is 2.40 bits per heavy atom. The summed E-state index contributed by atoms with van der Waals surface area (Å²) >= 11 is 16.7. The maximum absolute atomic E-state index is 13.6. The fraction of sp³-hybridized carbons (Fsp3) is 0.115. The highest BCUT2D eigenvalue weighted by atomic mass is 79.9. The predicted octanol–water partition coefficient (Wildman–Crippen LogP) is 7.13. The van der Waals surface area contributed by atoms with Gasteiger partial charge in [-0.3, -0.25) is 14.5 Å². The van der Waals surface area contributed by atoms with E-state index in [2.05, 4.69) is 21.2 Å². The van der Waals surface area contributed by atoms with Crippen molar-refractivity contribution >= 4 is 74.1 Å². The van der Waals surface area contributed by atoms with Gasteiger partial charge in [0.25, 0.3) is 5.91 Å². The van der Waals surface area contributed by atoms with Gasteiger partial charge in [0.1, 0.15) is 16.7 Å². The van der Waals surface area contributed by atoms with Crippen molar-refractivity contribution < 1.29 is 9.59 Å². The van der Waals surface area contributed by atoms with Crippen molar-refractivity contribution in [2.45, 2.75) is 18.6 Å². The quantitative estimate of drug-likeness (QED) is 0.255. The molecule has 4 rings (SSSR count). The average Bonchev–Trinajstić information content (AvgIpc) is 3.14. The molecule has 3 aromatic rings. The molecule has 0 radical (unpaired) electrons. The van der Waals surface area contributed by atoms with Crippen LogP contribution in [-0.2, 0) is 16.0 Å². The van der Waals surface area contributed by atoms with E-state index in [0.717, 1.165) is 15.6 Å². The molecule has 0 aliphatic carbocycles. The number of nitriles is 1. The number of aryl methyl sites for hydroxylation is 1. The molecule has 1 aliphatic heterocycles. The van der Waals surface area contributed by atoms with Gasteiger partial charge in [0.2, 0.25) is 5.91 Å². The summed E-state index contributed by atoms with van der Waals surface area (Å²) in [5, 5.41) is 13.3. The zero-order valence-corrected chi connectivity index (χ0v) is 22.3. The Labute approximate surface area is 225 Å². The third kappa shape index (κ3) is 5.74. The molecule has 9 heteroatoms. The van der Waals surface area contributed by atoms with E-state index in [1.54, 1.807) is 48.5 Å². The van der Waals surface area contributed by atoms with Crippen LogP contribution < -0.4 is 10.2 Å². The lowest BCUT2D eigenvalue weighted by atomic mass is 10.1. The fourth-order valence-electron chi connectivity index (χ4n) is 3.52. The van der Waals surface area contributed by atoms with Gasteiger partial charge in [-0.2, -0.15) is 5.26 Å². The van der Waals surface area contributed by atoms with E-state index in [9.17, 15) is 14.9 Å². The van der Waals surface area contributed by atoms with Crippen LogP contribution in [0.25, 0.3) is 0 Å². The van der Waals surface area contributed by atoms with Crippen LogP contribution in [0.1, 0.15) is 11.1 Å². The minimum absolute atomic E-state index is 0.136. The van der Waals surface area contributed by atoms with Gasteiger partial charge in [-0.15, -0.1) is 0 Å². The Kier molecular flexibility index (Phi) is 7.88. The van der Waals surface area contributed by atoms with Crippen LogP contribution in [0.4, 0.5) is 11.4 Å². The van der Waals surface area contributed by atoms with Gasteiger partial charge in [0.15, 0.2) is 0 Å². The average molecular weight is 587 g/mol. The molecule has 0 aromatic heterocycles. The molecule has 0 saturated carbocycles. The number of hydrogen-bond acceptors (Lipinski definition) is 4. The summed E-state index contributed by atoms with van der Waals surface area (Å²) in [5.41, 5.74) is 2.84. The molecule has 1 fully saturated rings. The third-order valence-electron chi connectivity index (χ3n) is 5.30. The number of nitrogens with zero attached hydrogens (tertiary/aromatic N) is 2. The van der Waals surface area contributed by atoms with Gasteiger partial charge in [0.05, 0.1) is 15.3 Å². The first-order chi connectivity index (χ1) is 16.8. The Bertz CT molecular complexity index is 1370. The highest BCUT2D eigenvalue weighted by Crippen LogP contribution is 2.42. The lowest BCUT2D eigenvalue weighted by Gasteiger charge is -2.19. The van der Waals surface area contributed by atoms with Crippen LogP contribution in [0.3, 0.4) is 0 Å². The first kappa shape index (κ1) is 25.3. The Morgan fingerprint density at radius 2 is 1.77 bits per heavy atom. The van der Waals surface area contributed by atoms with Crippen molar-refractivity contribution in [2.24, 2.45) is 0 Å². The Morgan fingerprint density at radius 1 is 1.09 bits per heavy atom. The van der Waals surface area contributed by atoms with E-state index < -0.39 is 11.2 Å². The second-order valence-electron chi connectivity index (χ2n) is 7.82. The number of rotatable bonds is 5. The highest BCUT2D eigenvalue weighted by molar-refractivity contribution is 9.10. The molecule has 1 atom stereocenters. The maximum atomic E-state index is 13.6. The summed E-state index contributed by atoms with van der Waals surface area (Å²) in [5.74, 6) is -0.804. The van der Waals surface area contributed by atoms with Gasteiger partial charge >= 0.3 is 0 Å². The number of hydrogen-bond donors (Lipinski definition) is 1. The lowest BCUT2D eigenvalue weighted by Crippen LogP contribution is -2.30. The van der Waals surface area contributed by atoms with Crippen LogP contribution in [0.15, 0.2) is 81.8 Å². The number of carbonyl (C=O) groups excluding carboxylic acids is 2. The molecule has 35 heavy (non-hydrogen) atoms. The maximum Gasteiger partial charge on any atom is 0.269 e. The van der Waals surface area contributed by atoms with Crippen molar-refractivity contribution in [3.05, 3.63) is 103 Å². The summed E-state index contributed by atoms with van der Waals surface area (Å²) in [7, 11) is 0. The standard InChI is InChI=1S/C26H18BrCl2N3O2S/c1-15-2-9-19(10-3-15)32-25(34)23(13-16-4-11-21(28)22(29)12-16)35-26(32)20(14-30)24(33)31-18-7-5-17(27)6-8-18/h2-12,23H,13H2,1H3,(H,31,33)/b26-20-. The largest absolute Gasteiger partial charge is 0.321 e. The Balaban J connectivity index is 1.72. The van der Waals surface area contributed by atoms with Gasteiger partial charge < -0.3 is 5.32 Å². The molecule has 3 aromatic carbocycles. The number of halogens is 3. The van der Waals surface area contributed by atoms with Crippen molar-refractivity contribution in [3.63, 3.8) is 0 Å². The van der Waals surface area contributed by atoms with Crippen LogP contribution in [0.5, 0.6) is 0 Å². The van der Waals surface area contributed by atoms with Crippen LogP contribution in [-0.4, -0.2) is 17.1 Å². The van der Waals surface area contributed by atoms with Crippen molar-refractivity contribution in [3.8, 4) is 6.07 Å². The van der Waals surface area contributed by atoms with Gasteiger partial charge in [-0.05, 0) is 67.4 Å². The monoisotopic (exact) mass is 585 g/mol. The lowest BCUT2D eigenvalue weighted by molar-refractivity contribution is -0.117. The van der Waals surface area contributed by atoms with E-state index in [1.165, 1.54) is 16.7 Å². The molecular weight excluding hydrogens is 569 g/mol. The minimum Gasteiger partial charge on any atom is -0.321 e. The SMILES string of the molecule is Cc1ccc(N2C(=O)C(Cc3ccc(Cl)c(Cl)c3)S/C2=C(/C#N)C(=O)Nc2ccc(Br)cc2)cc1. The number of benzene rings is 3. The van der Waals surface area contributed by atoms with Crippen molar-refractivity contribution in [1.82, 2.24) is 0 Å². The summed E-state index contributed by atoms with van der Waals surface area (Å²) < 4.78 is 0.863. The smallest absolute Gasteiger partial charge is 0.269 e. The molecule has 176 valence electrons. The van der Waals surface area contributed by atoms with E-state index in [0.29, 0.717) is 32.9 Å². The number of thioether (sulfide) groups is 1. The first-order valence-electron chi connectivity index (χ1n) is 10.5. The molecule has 1 unspecified atom stereocenters. The van der Waals surface area contributed by atoms with E-state index in [1.807, 2.05) is 31.2 Å². The van der Waals surface area contributed by atoms with Gasteiger partial charge in [-0.1, -0.05) is 74.7 Å². The number of amides is 2. The van der Waals surface area contributed by atoms with Crippen molar-refractivity contribution in [1.29, 1.82) is 5.26 Å². The predicted molar refractivity (Wildman–Crippen MR) is 146 cm³/mol. The Hall–Kier alpha value is -2.76. The highest BCUT2D eigenvalue weighted by Gasteiger charge is 2.40. The van der Waals surface area contributed by atoms with Crippen LogP contribution in [0.2, 0.25) is 10.0 Å². The number of carbonyl (C=O) groups is 2. The fourth-order valence-corrected chi connectivity index (χ4v) is 5.42. The molecule has 2 amide bonds. The van der Waals surface area contributed by atoms with Crippen molar-refractivity contribution in [2.75, 3.05) is 10.2 Å². The summed E-state index contributed by atoms with van der Waals surface area (Å²) in [6.45, 7) is 1.94.